The predicted octanol–water partition coefficient (Wildman–Crippen LogP) is 1.32. The van der Waals surface area contributed by atoms with E-state index in [9.17, 15) is 0 Å². The zero-order chi connectivity index (χ0) is 9.19. The quantitative estimate of drug-likeness (QED) is 0.502. The normalized spacial score (nSPS) is 37.2. The van der Waals surface area contributed by atoms with Crippen molar-refractivity contribution in [3.63, 3.8) is 0 Å². The Morgan fingerprint density at radius 1 is 1.75 bits per heavy atom. The van der Waals surface area contributed by atoms with Crippen molar-refractivity contribution in [1.29, 1.82) is 0 Å². The zero-order valence-corrected chi connectivity index (χ0v) is 8.13. The van der Waals surface area contributed by atoms with Crippen LogP contribution in [0.5, 0.6) is 0 Å². The molecule has 0 aliphatic carbocycles. The van der Waals surface area contributed by atoms with Crippen LogP contribution < -0.4 is 5.73 Å². The van der Waals surface area contributed by atoms with Crippen LogP contribution in [-0.4, -0.2) is 24.1 Å². The van der Waals surface area contributed by atoms with Crippen LogP contribution in [0.2, 0.25) is 0 Å². The first kappa shape index (κ1) is 9.52. The second-order valence-electron chi connectivity index (χ2n) is 3.58. The van der Waals surface area contributed by atoms with Crippen LogP contribution in [0, 0.1) is 0 Å². The third kappa shape index (κ3) is 1.78. The van der Waals surface area contributed by atoms with Crippen molar-refractivity contribution in [3.8, 4) is 0 Å². The van der Waals surface area contributed by atoms with Crippen molar-refractivity contribution in [3.05, 3.63) is 0 Å². The highest BCUT2D eigenvalue weighted by molar-refractivity contribution is 5.80. The summed E-state index contributed by atoms with van der Waals surface area (Å²) in [5, 5.41) is 0. The molecule has 70 valence electrons. The lowest BCUT2D eigenvalue weighted by Crippen LogP contribution is -2.33. The van der Waals surface area contributed by atoms with Crippen molar-refractivity contribution in [1.82, 2.24) is 0 Å². The maximum atomic E-state index is 5.69. The van der Waals surface area contributed by atoms with Gasteiger partial charge in [0.1, 0.15) is 0 Å². The first-order valence-electron chi connectivity index (χ1n) is 4.54. The van der Waals surface area contributed by atoms with E-state index in [0.717, 1.165) is 25.3 Å². The number of hydrogen-bond acceptors (Lipinski definition) is 2. The summed E-state index contributed by atoms with van der Waals surface area (Å²) in [6.45, 7) is 6.98. The topological polar surface area (TPSA) is 47.6 Å². The van der Waals surface area contributed by atoms with Crippen LogP contribution in [0.3, 0.4) is 0 Å². The van der Waals surface area contributed by atoms with Crippen molar-refractivity contribution in [2.24, 2.45) is 10.7 Å². The van der Waals surface area contributed by atoms with Crippen LogP contribution in [0.25, 0.3) is 0 Å². The molecule has 1 rings (SSSR count). The van der Waals surface area contributed by atoms with Gasteiger partial charge in [-0.25, -0.2) is 0 Å². The van der Waals surface area contributed by atoms with Crippen LogP contribution in [0.1, 0.15) is 33.6 Å². The molecule has 3 nitrogen and oxygen atoms in total. The van der Waals surface area contributed by atoms with Gasteiger partial charge in [0.25, 0.3) is 0 Å². The van der Waals surface area contributed by atoms with Crippen LogP contribution >= 0.6 is 0 Å². The molecule has 1 aliphatic heterocycles. The summed E-state index contributed by atoms with van der Waals surface area (Å²) in [6, 6.07) is 0. The molecule has 1 saturated heterocycles. The highest BCUT2D eigenvalue weighted by Crippen LogP contribution is 2.29. The maximum Gasteiger partial charge on any atom is 0.0942 e. The van der Waals surface area contributed by atoms with E-state index in [1.807, 2.05) is 6.92 Å². The Balaban J connectivity index is 2.71. The molecule has 2 atom stereocenters. The number of ether oxygens (including phenoxy) is 1. The van der Waals surface area contributed by atoms with E-state index in [2.05, 4.69) is 18.8 Å². The van der Waals surface area contributed by atoms with Gasteiger partial charge in [0.05, 0.1) is 17.5 Å². The highest BCUT2D eigenvalue weighted by atomic mass is 16.5. The van der Waals surface area contributed by atoms with Gasteiger partial charge in [0, 0.05) is 13.0 Å². The fraction of sp³-hybridized carbons (Fsp3) is 0.889. The van der Waals surface area contributed by atoms with Crippen LogP contribution in [0.4, 0.5) is 0 Å². The summed E-state index contributed by atoms with van der Waals surface area (Å²) >= 11 is 0. The van der Waals surface area contributed by atoms with Crippen molar-refractivity contribution >= 4 is 5.84 Å². The SMILES string of the molecule is CCC(N)=NC1(C)CCOC1C. The van der Waals surface area contributed by atoms with E-state index in [4.69, 9.17) is 10.5 Å². The Bertz CT molecular complexity index is 191. The Hall–Kier alpha value is -0.570. The average Bonchev–Trinajstić information content (AvgIpc) is 2.32. The standard InChI is InChI=1S/C9H18N2O/c1-4-8(10)11-9(3)5-6-12-7(9)2/h7H,4-6H2,1-3H3,(H2,10,11). The Kier molecular flexibility index (Phi) is 2.73. The van der Waals surface area contributed by atoms with E-state index in [0.29, 0.717) is 0 Å². The number of nitrogens with two attached hydrogens (primary N) is 1. The Labute approximate surface area is 74.0 Å². The van der Waals surface area contributed by atoms with E-state index in [1.54, 1.807) is 0 Å². The molecule has 0 bridgehead atoms. The minimum absolute atomic E-state index is 0.0832. The smallest absolute Gasteiger partial charge is 0.0942 e. The molecule has 3 heteroatoms. The van der Waals surface area contributed by atoms with Gasteiger partial charge in [0.2, 0.25) is 0 Å². The molecule has 0 saturated carbocycles. The summed E-state index contributed by atoms with van der Waals surface area (Å²) in [5.41, 5.74) is 5.61. The van der Waals surface area contributed by atoms with Gasteiger partial charge < -0.3 is 10.5 Å². The minimum Gasteiger partial charge on any atom is -0.387 e. The molecule has 0 aromatic heterocycles. The Morgan fingerprint density at radius 2 is 2.42 bits per heavy atom. The van der Waals surface area contributed by atoms with E-state index in [1.165, 1.54) is 0 Å². The second-order valence-corrected chi connectivity index (χ2v) is 3.58. The lowest BCUT2D eigenvalue weighted by molar-refractivity contribution is 0.101. The summed E-state index contributed by atoms with van der Waals surface area (Å²) < 4.78 is 5.45. The van der Waals surface area contributed by atoms with Crippen LogP contribution in [0.15, 0.2) is 4.99 Å². The van der Waals surface area contributed by atoms with Gasteiger partial charge in [-0.15, -0.1) is 0 Å². The second kappa shape index (κ2) is 3.44. The maximum absolute atomic E-state index is 5.69. The lowest BCUT2D eigenvalue weighted by Gasteiger charge is -2.23. The third-order valence-electron chi connectivity index (χ3n) is 2.61. The summed E-state index contributed by atoms with van der Waals surface area (Å²) in [4.78, 5) is 4.48. The first-order valence-corrected chi connectivity index (χ1v) is 4.54. The van der Waals surface area contributed by atoms with Gasteiger partial charge in [-0.1, -0.05) is 6.92 Å². The Morgan fingerprint density at radius 3 is 2.83 bits per heavy atom. The van der Waals surface area contributed by atoms with Gasteiger partial charge in [-0.3, -0.25) is 4.99 Å². The zero-order valence-electron chi connectivity index (χ0n) is 8.13. The molecule has 12 heavy (non-hydrogen) atoms. The van der Waals surface area contributed by atoms with Gasteiger partial charge >= 0.3 is 0 Å². The number of aliphatic imine (C=N–C) groups is 1. The number of amidine groups is 1. The summed E-state index contributed by atoms with van der Waals surface area (Å²) in [7, 11) is 0. The van der Waals surface area contributed by atoms with Crippen molar-refractivity contribution in [2.45, 2.75) is 45.3 Å². The third-order valence-corrected chi connectivity index (χ3v) is 2.61. The largest absolute Gasteiger partial charge is 0.387 e. The summed E-state index contributed by atoms with van der Waals surface area (Å²) in [5.74, 6) is 0.731. The average molecular weight is 170 g/mol. The van der Waals surface area contributed by atoms with E-state index >= 15 is 0 Å². The molecule has 0 aromatic carbocycles. The molecule has 1 heterocycles. The van der Waals surface area contributed by atoms with Gasteiger partial charge in [0.15, 0.2) is 0 Å². The lowest BCUT2D eigenvalue weighted by atomic mass is 9.95. The molecule has 1 aliphatic rings. The van der Waals surface area contributed by atoms with Gasteiger partial charge in [-0.05, 0) is 20.3 Å². The molecule has 0 radical (unpaired) electrons. The molecule has 2 N–H and O–H groups in total. The fourth-order valence-corrected chi connectivity index (χ4v) is 1.38. The molecule has 2 unspecified atom stereocenters. The first-order chi connectivity index (χ1) is 5.58. The van der Waals surface area contributed by atoms with Crippen LogP contribution in [-0.2, 0) is 4.74 Å². The van der Waals surface area contributed by atoms with Crippen molar-refractivity contribution in [2.75, 3.05) is 6.61 Å². The molecular formula is C9H18N2O. The molecule has 0 amide bonds. The number of nitrogens with zero attached hydrogens (tertiary/aromatic N) is 1. The van der Waals surface area contributed by atoms with Gasteiger partial charge in [-0.2, -0.15) is 0 Å². The molecule has 1 fully saturated rings. The molecular weight excluding hydrogens is 152 g/mol. The highest BCUT2D eigenvalue weighted by Gasteiger charge is 2.36. The summed E-state index contributed by atoms with van der Waals surface area (Å²) in [6.07, 6.45) is 2.00. The van der Waals surface area contributed by atoms with E-state index in [-0.39, 0.29) is 11.6 Å². The predicted molar refractivity (Wildman–Crippen MR) is 50.3 cm³/mol. The number of hydrogen-bond donors (Lipinski definition) is 1. The minimum atomic E-state index is -0.0832. The van der Waals surface area contributed by atoms with Crippen molar-refractivity contribution < 1.29 is 4.74 Å². The molecule has 0 spiro atoms. The van der Waals surface area contributed by atoms with E-state index < -0.39 is 0 Å². The molecule has 0 aromatic rings. The fourth-order valence-electron chi connectivity index (χ4n) is 1.38. The number of rotatable bonds is 2. The monoisotopic (exact) mass is 170 g/mol.